The van der Waals surface area contributed by atoms with Gasteiger partial charge in [0.05, 0.1) is 0 Å². The van der Waals surface area contributed by atoms with Gasteiger partial charge in [0.1, 0.15) is 0 Å². The van der Waals surface area contributed by atoms with Crippen molar-refractivity contribution in [2.45, 2.75) is 31.6 Å². The zero-order valence-electron chi connectivity index (χ0n) is 23.3. The van der Waals surface area contributed by atoms with Crippen molar-refractivity contribution in [3.63, 3.8) is 0 Å². The van der Waals surface area contributed by atoms with Gasteiger partial charge in [-0.05, 0) is 60.3 Å². The van der Waals surface area contributed by atoms with Crippen molar-refractivity contribution in [3.8, 4) is 0 Å². The standard InChI is InChI=1S/C38H36P2/c1-29(39(31-17-7-3-8-18-31)32-19-9-4-10-20-32)35-25-15-27-37(35)38-28-16-26-36(38)30(2)40(33-21-11-5-12-22-33)34-23-13-6-14-24-34/h3-27,29-30,36H,28H2,1-2H3. The van der Waals surface area contributed by atoms with E-state index in [-0.39, 0.29) is 0 Å². The lowest BCUT2D eigenvalue weighted by molar-refractivity contribution is 0.745. The van der Waals surface area contributed by atoms with Crippen molar-refractivity contribution in [3.05, 3.63) is 168 Å². The third-order valence-corrected chi connectivity index (χ3v) is 13.8. The minimum Gasteiger partial charge on any atom is -0.0838 e. The second kappa shape index (κ2) is 12.5. The summed E-state index contributed by atoms with van der Waals surface area (Å²) in [5.74, 6) is 0.430. The lowest BCUT2D eigenvalue weighted by atomic mass is 9.91. The Morgan fingerprint density at radius 2 is 1.05 bits per heavy atom. The van der Waals surface area contributed by atoms with Crippen molar-refractivity contribution < 1.29 is 0 Å². The van der Waals surface area contributed by atoms with E-state index < -0.39 is 15.8 Å². The number of hydrogen-bond acceptors (Lipinski definition) is 0. The van der Waals surface area contributed by atoms with E-state index >= 15 is 0 Å². The van der Waals surface area contributed by atoms with Crippen LogP contribution in [0.2, 0.25) is 0 Å². The van der Waals surface area contributed by atoms with Crippen molar-refractivity contribution in [1.82, 2.24) is 0 Å². The van der Waals surface area contributed by atoms with Gasteiger partial charge in [-0.1, -0.05) is 171 Å². The first-order valence-corrected chi connectivity index (χ1v) is 17.1. The van der Waals surface area contributed by atoms with Gasteiger partial charge in [0.25, 0.3) is 0 Å². The van der Waals surface area contributed by atoms with Gasteiger partial charge < -0.3 is 0 Å². The molecule has 3 unspecified atom stereocenters. The van der Waals surface area contributed by atoms with Crippen LogP contribution in [0.25, 0.3) is 0 Å². The van der Waals surface area contributed by atoms with Gasteiger partial charge in [-0.25, -0.2) is 0 Å². The van der Waals surface area contributed by atoms with Gasteiger partial charge >= 0.3 is 0 Å². The fourth-order valence-corrected chi connectivity index (χ4v) is 11.8. The maximum absolute atomic E-state index is 2.50. The molecule has 0 spiro atoms. The summed E-state index contributed by atoms with van der Waals surface area (Å²) < 4.78 is 0. The first kappa shape index (κ1) is 26.9. The van der Waals surface area contributed by atoms with Crippen LogP contribution >= 0.6 is 15.8 Å². The van der Waals surface area contributed by atoms with E-state index in [9.17, 15) is 0 Å². The molecule has 2 aliphatic rings. The van der Waals surface area contributed by atoms with Gasteiger partial charge in [0, 0.05) is 11.6 Å². The highest BCUT2D eigenvalue weighted by Crippen LogP contribution is 2.51. The third-order valence-electron chi connectivity index (χ3n) is 8.18. The SMILES string of the molecule is CC(C1=CC=CC1=C1CC=CC1C(C)P(c1ccccc1)c1ccccc1)P(c1ccccc1)c1ccccc1. The zero-order chi connectivity index (χ0) is 27.3. The minimum absolute atomic E-state index is 0.415. The van der Waals surface area contributed by atoms with Gasteiger partial charge in [-0.15, -0.1) is 0 Å². The van der Waals surface area contributed by atoms with E-state index in [1.54, 1.807) is 5.57 Å². The molecule has 2 aliphatic carbocycles. The molecule has 0 aromatic heterocycles. The Bertz CT molecular complexity index is 1450. The van der Waals surface area contributed by atoms with Crippen LogP contribution in [0.3, 0.4) is 0 Å². The smallest absolute Gasteiger partial charge is 0.00996 e. The van der Waals surface area contributed by atoms with Gasteiger partial charge in [-0.3, -0.25) is 0 Å². The number of allylic oxidation sites excluding steroid dienone is 8. The van der Waals surface area contributed by atoms with Crippen LogP contribution in [0, 0.1) is 5.92 Å². The molecule has 0 saturated carbocycles. The summed E-state index contributed by atoms with van der Waals surface area (Å²) in [4.78, 5) is 0. The molecule has 0 heterocycles. The van der Waals surface area contributed by atoms with E-state index in [1.165, 1.54) is 32.4 Å². The molecule has 4 aromatic rings. The summed E-state index contributed by atoms with van der Waals surface area (Å²) in [6, 6.07) is 44.7. The fraction of sp³-hybridized carbons (Fsp3) is 0.158. The molecule has 3 atom stereocenters. The molecule has 6 rings (SSSR count). The van der Waals surface area contributed by atoms with Crippen LogP contribution in [-0.2, 0) is 0 Å². The minimum atomic E-state index is -0.537. The highest BCUT2D eigenvalue weighted by molar-refractivity contribution is 7.74. The Balaban J connectivity index is 1.38. The zero-order valence-corrected chi connectivity index (χ0v) is 25.1. The number of hydrogen-bond donors (Lipinski definition) is 0. The average Bonchev–Trinajstić information content (AvgIpc) is 3.70. The summed E-state index contributed by atoms with van der Waals surface area (Å²) in [7, 11) is -1.04. The molecule has 40 heavy (non-hydrogen) atoms. The summed E-state index contributed by atoms with van der Waals surface area (Å²) in [5, 5.41) is 5.81. The van der Waals surface area contributed by atoms with Crippen molar-refractivity contribution >= 4 is 37.1 Å². The predicted octanol–water partition coefficient (Wildman–Crippen LogP) is 8.40. The Kier molecular flexibility index (Phi) is 8.39. The molecule has 0 amide bonds. The summed E-state index contributed by atoms with van der Waals surface area (Å²) in [6.07, 6.45) is 13.0. The van der Waals surface area contributed by atoms with Crippen LogP contribution in [0.15, 0.2) is 168 Å². The van der Waals surface area contributed by atoms with Crippen LogP contribution in [-0.4, -0.2) is 11.3 Å². The second-order valence-corrected chi connectivity index (χ2v) is 15.7. The molecule has 198 valence electrons. The molecule has 0 aliphatic heterocycles. The number of benzene rings is 4. The molecular formula is C38H36P2. The molecule has 0 bridgehead atoms. The van der Waals surface area contributed by atoms with Crippen LogP contribution in [0.1, 0.15) is 20.3 Å². The van der Waals surface area contributed by atoms with Crippen LogP contribution < -0.4 is 21.2 Å². The van der Waals surface area contributed by atoms with Gasteiger partial charge in [-0.2, -0.15) is 0 Å². The van der Waals surface area contributed by atoms with E-state index in [0.717, 1.165) is 6.42 Å². The molecule has 0 N–H and O–H groups in total. The largest absolute Gasteiger partial charge is 0.0838 e. The summed E-state index contributed by atoms with van der Waals surface area (Å²) >= 11 is 0. The highest BCUT2D eigenvalue weighted by Gasteiger charge is 2.34. The van der Waals surface area contributed by atoms with E-state index in [2.05, 4.69) is 166 Å². The Morgan fingerprint density at radius 3 is 1.52 bits per heavy atom. The van der Waals surface area contributed by atoms with E-state index in [1.807, 2.05) is 0 Å². The molecule has 2 heteroatoms. The van der Waals surface area contributed by atoms with E-state index in [4.69, 9.17) is 0 Å². The molecule has 0 radical (unpaired) electrons. The highest BCUT2D eigenvalue weighted by atomic mass is 31.1. The van der Waals surface area contributed by atoms with Crippen LogP contribution in [0.4, 0.5) is 0 Å². The lowest BCUT2D eigenvalue weighted by Crippen LogP contribution is -2.26. The summed E-state index contributed by atoms with van der Waals surface area (Å²) in [5.41, 5.74) is 5.48. The van der Waals surface area contributed by atoms with Gasteiger partial charge in [0.15, 0.2) is 0 Å². The van der Waals surface area contributed by atoms with Gasteiger partial charge in [0.2, 0.25) is 0 Å². The first-order valence-electron chi connectivity index (χ1n) is 14.3. The first-order chi connectivity index (χ1) is 19.7. The maximum Gasteiger partial charge on any atom is 0.00996 e. The molecule has 0 fully saturated rings. The Morgan fingerprint density at radius 1 is 0.600 bits per heavy atom. The molecule has 0 saturated heterocycles. The monoisotopic (exact) mass is 554 g/mol. The maximum atomic E-state index is 2.50. The molecule has 4 aromatic carbocycles. The van der Waals surface area contributed by atoms with Crippen molar-refractivity contribution in [2.75, 3.05) is 0 Å². The number of rotatable bonds is 8. The summed E-state index contributed by atoms with van der Waals surface area (Å²) in [6.45, 7) is 4.94. The molecule has 0 nitrogen and oxygen atoms in total. The van der Waals surface area contributed by atoms with Crippen LogP contribution in [0.5, 0.6) is 0 Å². The fourth-order valence-electron chi connectivity index (χ4n) is 6.30. The van der Waals surface area contributed by atoms with Crippen molar-refractivity contribution in [2.24, 2.45) is 5.92 Å². The Hall–Kier alpha value is -3.30. The topological polar surface area (TPSA) is 0 Å². The lowest BCUT2D eigenvalue weighted by Gasteiger charge is -2.33. The van der Waals surface area contributed by atoms with Crippen molar-refractivity contribution in [1.29, 1.82) is 0 Å². The third kappa shape index (κ3) is 5.49. The molecular weight excluding hydrogens is 518 g/mol. The quantitative estimate of drug-likeness (QED) is 0.152. The predicted molar refractivity (Wildman–Crippen MR) is 179 cm³/mol. The normalized spacial score (nSPS) is 19.8. The average molecular weight is 555 g/mol. The van der Waals surface area contributed by atoms with E-state index in [0.29, 0.717) is 17.2 Å². The second-order valence-electron chi connectivity index (χ2n) is 10.6. The Labute approximate surface area is 242 Å².